The number of benzene rings is 2. The number of amides is 1. The van der Waals surface area contributed by atoms with Gasteiger partial charge in [-0.05, 0) is 29.2 Å². The fraction of sp³-hybridized carbons (Fsp3) is 0.235. The Labute approximate surface area is 124 Å². The lowest BCUT2D eigenvalue weighted by Gasteiger charge is -2.12. The number of hydrogen-bond donors (Lipinski definition) is 2. The van der Waals surface area contributed by atoms with Gasteiger partial charge in [0, 0.05) is 12.1 Å². The molecule has 0 aliphatic carbocycles. The molecule has 0 spiro atoms. The van der Waals surface area contributed by atoms with Gasteiger partial charge in [0.1, 0.15) is 0 Å². The summed E-state index contributed by atoms with van der Waals surface area (Å²) in [5.74, 6) is -0.0128. The summed E-state index contributed by atoms with van der Waals surface area (Å²) >= 11 is 0. The molecule has 0 saturated carbocycles. The van der Waals surface area contributed by atoms with E-state index in [9.17, 15) is 4.79 Å². The molecule has 1 unspecified atom stereocenters. The predicted molar refractivity (Wildman–Crippen MR) is 83.3 cm³/mol. The smallest absolute Gasteiger partial charge is 0.244 e. The lowest BCUT2D eigenvalue weighted by molar-refractivity contribution is -0.134. The molecule has 0 aromatic heterocycles. The van der Waals surface area contributed by atoms with E-state index < -0.39 is 0 Å². The summed E-state index contributed by atoms with van der Waals surface area (Å²) in [7, 11) is 0. The van der Waals surface area contributed by atoms with Gasteiger partial charge in [0.05, 0.1) is 6.61 Å². The van der Waals surface area contributed by atoms with Gasteiger partial charge in [-0.2, -0.15) is 0 Å². The average molecular weight is 284 g/mol. The number of hydrogen-bond acceptors (Lipinski definition) is 3. The molecule has 1 atom stereocenters. The van der Waals surface area contributed by atoms with Crippen LogP contribution in [0.4, 0.5) is 5.69 Å². The van der Waals surface area contributed by atoms with Crippen molar-refractivity contribution in [1.29, 1.82) is 0 Å². The molecule has 0 fully saturated rings. The Bertz CT molecular complexity index is 567. The van der Waals surface area contributed by atoms with Crippen LogP contribution in [0.1, 0.15) is 30.4 Å². The monoisotopic (exact) mass is 284 g/mol. The standard InChI is InChI=1S/C17H20N2O2/c1-13(15-7-9-16(18)10-8-15)11-17(20)19-21-12-14-5-3-2-4-6-14/h2-10,13H,11-12,18H2,1H3,(H,19,20). The van der Waals surface area contributed by atoms with E-state index in [1.54, 1.807) is 0 Å². The van der Waals surface area contributed by atoms with Crippen LogP contribution in [-0.4, -0.2) is 5.91 Å². The van der Waals surface area contributed by atoms with Crippen molar-refractivity contribution >= 4 is 11.6 Å². The van der Waals surface area contributed by atoms with Crippen LogP contribution in [0.5, 0.6) is 0 Å². The number of nitrogens with one attached hydrogen (secondary N) is 1. The first-order valence-corrected chi connectivity index (χ1v) is 6.95. The van der Waals surface area contributed by atoms with Crippen molar-refractivity contribution in [3.63, 3.8) is 0 Å². The van der Waals surface area contributed by atoms with Crippen molar-refractivity contribution in [3.05, 3.63) is 65.7 Å². The number of hydroxylamine groups is 1. The van der Waals surface area contributed by atoms with Gasteiger partial charge in [0.15, 0.2) is 0 Å². The topological polar surface area (TPSA) is 64.3 Å². The van der Waals surface area contributed by atoms with Crippen LogP contribution < -0.4 is 11.2 Å². The first-order chi connectivity index (χ1) is 10.1. The van der Waals surface area contributed by atoms with E-state index in [1.807, 2.05) is 61.5 Å². The highest BCUT2D eigenvalue weighted by atomic mass is 16.6. The van der Waals surface area contributed by atoms with Crippen molar-refractivity contribution in [2.24, 2.45) is 0 Å². The van der Waals surface area contributed by atoms with Gasteiger partial charge in [0.25, 0.3) is 0 Å². The van der Waals surface area contributed by atoms with Gasteiger partial charge in [-0.25, -0.2) is 5.48 Å². The predicted octanol–water partition coefficient (Wildman–Crippen LogP) is 3.01. The maximum Gasteiger partial charge on any atom is 0.244 e. The molecule has 2 aromatic rings. The Kier molecular flexibility index (Phi) is 5.35. The Morgan fingerprint density at radius 2 is 1.81 bits per heavy atom. The highest BCUT2D eigenvalue weighted by Crippen LogP contribution is 2.19. The van der Waals surface area contributed by atoms with Crippen LogP contribution in [0.15, 0.2) is 54.6 Å². The molecule has 4 nitrogen and oxygen atoms in total. The molecule has 0 aliphatic rings. The number of anilines is 1. The minimum absolute atomic E-state index is 0.117. The molecule has 0 aliphatic heterocycles. The van der Waals surface area contributed by atoms with Crippen molar-refractivity contribution in [3.8, 4) is 0 Å². The van der Waals surface area contributed by atoms with Gasteiger partial charge in [-0.3, -0.25) is 9.63 Å². The van der Waals surface area contributed by atoms with E-state index in [2.05, 4.69) is 5.48 Å². The second-order valence-corrected chi connectivity index (χ2v) is 5.07. The maximum atomic E-state index is 11.8. The summed E-state index contributed by atoms with van der Waals surface area (Å²) in [6, 6.07) is 17.3. The number of rotatable bonds is 6. The summed E-state index contributed by atoms with van der Waals surface area (Å²) in [5, 5.41) is 0. The number of carbonyl (C=O) groups excluding carboxylic acids is 1. The quantitative estimate of drug-likeness (QED) is 0.633. The average Bonchev–Trinajstić information content (AvgIpc) is 2.49. The van der Waals surface area contributed by atoms with Gasteiger partial charge >= 0.3 is 0 Å². The van der Waals surface area contributed by atoms with E-state index in [-0.39, 0.29) is 11.8 Å². The Balaban J connectivity index is 1.75. The van der Waals surface area contributed by atoms with Crippen LogP contribution in [-0.2, 0) is 16.2 Å². The fourth-order valence-corrected chi connectivity index (χ4v) is 2.04. The van der Waals surface area contributed by atoms with Crippen LogP contribution in [0.2, 0.25) is 0 Å². The zero-order valence-corrected chi connectivity index (χ0v) is 12.1. The number of carbonyl (C=O) groups is 1. The second-order valence-electron chi connectivity index (χ2n) is 5.07. The molecule has 110 valence electrons. The largest absolute Gasteiger partial charge is 0.399 e. The van der Waals surface area contributed by atoms with Gasteiger partial charge in [0.2, 0.25) is 5.91 Å². The minimum Gasteiger partial charge on any atom is -0.399 e. The summed E-state index contributed by atoms with van der Waals surface area (Å²) in [6.45, 7) is 2.37. The Morgan fingerprint density at radius 3 is 2.48 bits per heavy atom. The number of nitrogen functional groups attached to an aromatic ring is 1. The molecule has 0 radical (unpaired) electrons. The van der Waals surface area contributed by atoms with E-state index in [0.29, 0.717) is 13.0 Å². The van der Waals surface area contributed by atoms with E-state index in [4.69, 9.17) is 10.6 Å². The highest BCUT2D eigenvalue weighted by molar-refractivity contribution is 5.75. The molecule has 2 aromatic carbocycles. The molecule has 1 amide bonds. The molecule has 3 N–H and O–H groups in total. The number of nitrogens with two attached hydrogens (primary N) is 1. The molecular weight excluding hydrogens is 264 g/mol. The van der Waals surface area contributed by atoms with Crippen LogP contribution >= 0.6 is 0 Å². The van der Waals surface area contributed by atoms with Crippen molar-refractivity contribution in [2.75, 3.05) is 5.73 Å². The molecule has 0 heterocycles. The normalized spacial score (nSPS) is 11.9. The Hall–Kier alpha value is -2.33. The van der Waals surface area contributed by atoms with E-state index in [0.717, 1.165) is 16.8 Å². The second kappa shape index (κ2) is 7.45. The third kappa shape index (κ3) is 4.93. The SMILES string of the molecule is CC(CC(=O)NOCc1ccccc1)c1ccc(N)cc1. The summed E-state index contributed by atoms with van der Waals surface area (Å²) < 4.78 is 0. The molecule has 2 rings (SSSR count). The molecule has 0 saturated heterocycles. The van der Waals surface area contributed by atoms with Crippen LogP contribution in [0.25, 0.3) is 0 Å². The molecular formula is C17H20N2O2. The molecule has 4 heteroatoms. The van der Waals surface area contributed by atoms with Gasteiger partial charge < -0.3 is 5.73 Å². The highest BCUT2D eigenvalue weighted by Gasteiger charge is 2.11. The van der Waals surface area contributed by atoms with Crippen molar-refractivity contribution in [1.82, 2.24) is 5.48 Å². The zero-order valence-electron chi connectivity index (χ0n) is 12.1. The first-order valence-electron chi connectivity index (χ1n) is 6.95. The Morgan fingerprint density at radius 1 is 1.14 bits per heavy atom. The third-order valence-corrected chi connectivity index (χ3v) is 3.26. The lowest BCUT2D eigenvalue weighted by atomic mass is 9.97. The third-order valence-electron chi connectivity index (χ3n) is 3.26. The van der Waals surface area contributed by atoms with Gasteiger partial charge in [-0.1, -0.05) is 49.4 Å². The first kappa shape index (κ1) is 15.1. The van der Waals surface area contributed by atoms with Crippen molar-refractivity contribution in [2.45, 2.75) is 25.9 Å². The van der Waals surface area contributed by atoms with Crippen LogP contribution in [0, 0.1) is 0 Å². The summed E-state index contributed by atoms with van der Waals surface area (Å²) in [6.07, 6.45) is 0.374. The molecule has 0 bridgehead atoms. The maximum absolute atomic E-state index is 11.8. The molecule has 21 heavy (non-hydrogen) atoms. The van der Waals surface area contributed by atoms with Crippen molar-refractivity contribution < 1.29 is 9.63 Å². The lowest BCUT2D eigenvalue weighted by Crippen LogP contribution is -2.24. The zero-order chi connectivity index (χ0) is 15.1. The van der Waals surface area contributed by atoms with E-state index >= 15 is 0 Å². The van der Waals surface area contributed by atoms with Gasteiger partial charge in [-0.15, -0.1) is 0 Å². The summed E-state index contributed by atoms with van der Waals surface area (Å²) in [4.78, 5) is 17.0. The fourth-order valence-electron chi connectivity index (χ4n) is 2.04. The van der Waals surface area contributed by atoms with Crippen LogP contribution in [0.3, 0.4) is 0 Å². The minimum atomic E-state index is -0.129. The summed E-state index contributed by atoms with van der Waals surface area (Å²) in [5.41, 5.74) is 11.0. The van der Waals surface area contributed by atoms with E-state index in [1.165, 1.54) is 0 Å².